The summed E-state index contributed by atoms with van der Waals surface area (Å²) in [6.45, 7) is 7.04. The summed E-state index contributed by atoms with van der Waals surface area (Å²) in [7, 11) is -5.14. The first kappa shape index (κ1) is 43.6. The van der Waals surface area contributed by atoms with E-state index in [0.29, 0.717) is 0 Å². The Morgan fingerprint density at radius 2 is 0.667 bits per heavy atom. The fraction of sp³-hybridized carbons (Fsp3) is 0.889. The number of allylic oxidation sites excluding steroid dienone is 4. The standard InChI is InChI=1S/C36H71N.FH2O3P/c1-3-5-7-9-11-13-15-17-19-21-23-25-27-29-31-33-35-37-36-34-32-30-28-26-24-22-20-18-16-14-12-10-8-6-4-2;1-5(2,3)4/h17-20,37H,3-16,21-36H2,1-2H3;(H2,2,3,4)/b19-17-,20-18-;. The Kier molecular flexibility index (Phi) is 40.1. The van der Waals surface area contributed by atoms with Gasteiger partial charge in [-0.2, -0.15) is 0 Å². The van der Waals surface area contributed by atoms with Crippen LogP contribution in [0.5, 0.6) is 0 Å². The van der Waals surface area contributed by atoms with Gasteiger partial charge in [-0.25, -0.2) is 4.57 Å². The number of hydrogen-bond donors (Lipinski definition) is 3. The summed E-state index contributed by atoms with van der Waals surface area (Å²) < 4.78 is 19.0. The molecular formula is C36H73FNO3P. The molecule has 0 saturated heterocycles. The third-order valence-electron chi connectivity index (χ3n) is 7.73. The van der Waals surface area contributed by atoms with Gasteiger partial charge >= 0.3 is 7.91 Å². The second-order valence-electron chi connectivity index (χ2n) is 12.1. The van der Waals surface area contributed by atoms with Crippen LogP contribution in [0.1, 0.15) is 194 Å². The van der Waals surface area contributed by atoms with Crippen LogP contribution < -0.4 is 5.32 Å². The minimum Gasteiger partial charge on any atom is -0.317 e. The number of hydrogen-bond acceptors (Lipinski definition) is 2. The van der Waals surface area contributed by atoms with Crippen LogP contribution in [0.2, 0.25) is 0 Å². The van der Waals surface area contributed by atoms with Gasteiger partial charge < -0.3 is 5.32 Å². The van der Waals surface area contributed by atoms with Gasteiger partial charge in [0.15, 0.2) is 0 Å². The molecule has 0 radical (unpaired) electrons. The maximum atomic E-state index is 10.4. The Bertz CT molecular complexity index is 546. The van der Waals surface area contributed by atoms with Crippen molar-refractivity contribution in [3.8, 4) is 0 Å². The van der Waals surface area contributed by atoms with E-state index in [-0.39, 0.29) is 0 Å². The van der Waals surface area contributed by atoms with Gasteiger partial charge in [0, 0.05) is 0 Å². The quantitative estimate of drug-likeness (QED) is 0.0399. The summed E-state index contributed by atoms with van der Waals surface area (Å²) >= 11 is 0. The molecule has 6 heteroatoms. The van der Waals surface area contributed by atoms with E-state index in [1.54, 1.807) is 0 Å². The summed E-state index contributed by atoms with van der Waals surface area (Å²) in [5.74, 6) is 0. The van der Waals surface area contributed by atoms with Crippen molar-refractivity contribution in [2.45, 2.75) is 194 Å². The molecule has 0 saturated carbocycles. The number of nitrogens with one attached hydrogen (secondary N) is 1. The van der Waals surface area contributed by atoms with Gasteiger partial charge in [-0.1, -0.05) is 154 Å². The van der Waals surface area contributed by atoms with Crippen molar-refractivity contribution in [3.63, 3.8) is 0 Å². The summed E-state index contributed by atoms with van der Waals surface area (Å²) in [4.78, 5) is 13.9. The highest BCUT2D eigenvalue weighted by Gasteiger charge is 2.04. The van der Waals surface area contributed by atoms with E-state index in [2.05, 4.69) is 43.5 Å². The molecule has 0 unspecified atom stereocenters. The van der Waals surface area contributed by atoms with Gasteiger partial charge in [0.25, 0.3) is 0 Å². The van der Waals surface area contributed by atoms with E-state index >= 15 is 0 Å². The molecule has 3 N–H and O–H groups in total. The van der Waals surface area contributed by atoms with E-state index in [1.165, 1.54) is 193 Å². The second-order valence-corrected chi connectivity index (χ2v) is 13.0. The molecule has 0 amide bonds. The summed E-state index contributed by atoms with van der Waals surface area (Å²) in [5.41, 5.74) is 0. The monoisotopic (exact) mass is 618 g/mol. The van der Waals surface area contributed by atoms with Crippen LogP contribution in [0, 0.1) is 0 Å². The second kappa shape index (κ2) is 38.5. The first-order valence-corrected chi connectivity index (χ1v) is 19.7. The van der Waals surface area contributed by atoms with Gasteiger partial charge in [0.2, 0.25) is 0 Å². The van der Waals surface area contributed by atoms with E-state index in [0.717, 1.165) is 0 Å². The minimum atomic E-state index is -5.14. The molecule has 4 nitrogen and oxygen atoms in total. The fourth-order valence-electron chi connectivity index (χ4n) is 5.12. The SMILES string of the molecule is CCCCCCCC/C=C\CCCCCCCCNCCCCCCCC/C=C\CCCCCCCC.O=P(O)(O)F. The highest BCUT2D eigenvalue weighted by Crippen LogP contribution is 2.35. The van der Waals surface area contributed by atoms with Crippen molar-refractivity contribution in [3.05, 3.63) is 24.3 Å². The summed E-state index contributed by atoms with van der Waals surface area (Å²) in [6.07, 6.45) is 48.8. The lowest BCUT2D eigenvalue weighted by molar-refractivity contribution is 0.322. The molecule has 0 aliphatic carbocycles. The van der Waals surface area contributed by atoms with E-state index in [4.69, 9.17) is 14.4 Å². The molecule has 0 aliphatic heterocycles. The Labute approximate surface area is 262 Å². The van der Waals surface area contributed by atoms with Crippen molar-refractivity contribution in [1.82, 2.24) is 5.32 Å². The number of rotatable bonds is 32. The van der Waals surface area contributed by atoms with Gasteiger partial charge in [-0.05, 0) is 77.3 Å². The molecule has 0 rings (SSSR count). The predicted molar refractivity (Wildman–Crippen MR) is 185 cm³/mol. The summed E-state index contributed by atoms with van der Waals surface area (Å²) in [6, 6.07) is 0. The first-order chi connectivity index (χ1) is 20.4. The number of unbranched alkanes of at least 4 members (excludes halogenated alkanes) is 24. The predicted octanol–water partition coefficient (Wildman–Crippen LogP) is 12.7. The van der Waals surface area contributed by atoms with Crippen LogP contribution >= 0.6 is 7.91 Å². The van der Waals surface area contributed by atoms with Crippen molar-refractivity contribution < 1.29 is 18.5 Å². The zero-order valence-electron chi connectivity index (χ0n) is 28.2. The van der Waals surface area contributed by atoms with Crippen molar-refractivity contribution >= 4 is 7.91 Å². The van der Waals surface area contributed by atoms with E-state index < -0.39 is 7.91 Å². The molecule has 0 spiro atoms. The molecule has 0 aliphatic rings. The van der Waals surface area contributed by atoms with Crippen LogP contribution in [0.4, 0.5) is 4.20 Å². The molecule has 0 heterocycles. The maximum absolute atomic E-state index is 10.4. The molecule has 0 fully saturated rings. The molecule has 0 aromatic carbocycles. The zero-order chi connectivity index (χ0) is 31.2. The normalized spacial score (nSPS) is 11.9. The number of halogens is 1. The highest BCUT2D eigenvalue weighted by atomic mass is 31.2. The molecule has 252 valence electrons. The lowest BCUT2D eigenvalue weighted by Crippen LogP contribution is -2.16. The fourth-order valence-corrected chi connectivity index (χ4v) is 5.12. The largest absolute Gasteiger partial charge is 0.507 e. The van der Waals surface area contributed by atoms with Crippen LogP contribution in [0.15, 0.2) is 24.3 Å². The van der Waals surface area contributed by atoms with Crippen molar-refractivity contribution in [1.29, 1.82) is 0 Å². The molecule has 0 bridgehead atoms. The first-order valence-electron chi connectivity index (χ1n) is 18.2. The van der Waals surface area contributed by atoms with Gasteiger partial charge in [-0.15, -0.1) is 4.20 Å². The molecule has 0 aromatic rings. The van der Waals surface area contributed by atoms with E-state index in [9.17, 15) is 4.20 Å². The molecular weight excluding hydrogens is 544 g/mol. The average Bonchev–Trinajstić information content (AvgIpc) is 2.94. The molecule has 0 atom stereocenters. The zero-order valence-corrected chi connectivity index (χ0v) is 29.0. The van der Waals surface area contributed by atoms with Crippen LogP contribution in [0.25, 0.3) is 0 Å². The lowest BCUT2D eigenvalue weighted by Gasteiger charge is -2.05. The third-order valence-corrected chi connectivity index (χ3v) is 7.73. The van der Waals surface area contributed by atoms with Gasteiger partial charge in [-0.3, -0.25) is 9.79 Å². The average molecular weight is 618 g/mol. The topological polar surface area (TPSA) is 69.6 Å². The van der Waals surface area contributed by atoms with Crippen molar-refractivity contribution in [2.75, 3.05) is 13.1 Å². The minimum absolute atomic E-state index is 1.23. The Morgan fingerprint density at radius 3 is 0.929 bits per heavy atom. The Hall–Kier alpha value is -0.480. The Morgan fingerprint density at radius 1 is 0.452 bits per heavy atom. The smallest absolute Gasteiger partial charge is 0.317 e. The van der Waals surface area contributed by atoms with Crippen molar-refractivity contribution in [2.24, 2.45) is 0 Å². The Balaban J connectivity index is 0. The highest BCUT2D eigenvalue weighted by molar-refractivity contribution is 7.45. The van der Waals surface area contributed by atoms with Gasteiger partial charge in [0.05, 0.1) is 0 Å². The van der Waals surface area contributed by atoms with Gasteiger partial charge in [0.1, 0.15) is 0 Å². The van der Waals surface area contributed by atoms with Crippen LogP contribution in [-0.4, -0.2) is 22.9 Å². The molecule has 0 aromatic heterocycles. The molecule has 42 heavy (non-hydrogen) atoms. The van der Waals surface area contributed by atoms with Crippen LogP contribution in [0.3, 0.4) is 0 Å². The third kappa shape index (κ3) is 52.2. The maximum Gasteiger partial charge on any atom is 0.507 e. The van der Waals surface area contributed by atoms with Crippen LogP contribution in [-0.2, 0) is 4.57 Å². The van der Waals surface area contributed by atoms with E-state index in [1.807, 2.05) is 0 Å². The lowest BCUT2D eigenvalue weighted by atomic mass is 10.1. The summed E-state index contributed by atoms with van der Waals surface area (Å²) in [5, 5.41) is 3.67.